The molecular formula is C13H21N3O. The Kier molecular flexibility index (Phi) is 4.23. The number of nitrogens with zero attached hydrogens (tertiary/aromatic N) is 2. The van der Waals surface area contributed by atoms with E-state index < -0.39 is 0 Å². The number of nitrogens with two attached hydrogens (primary N) is 1. The molecule has 0 aromatic carbocycles. The van der Waals surface area contributed by atoms with Crippen molar-refractivity contribution in [1.29, 1.82) is 0 Å². The molecule has 4 heteroatoms. The maximum atomic E-state index is 12.1. The Morgan fingerprint density at radius 3 is 2.59 bits per heavy atom. The van der Waals surface area contributed by atoms with Crippen LogP contribution < -0.4 is 5.73 Å². The summed E-state index contributed by atoms with van der Waals surface area (Å²) < 4.78 is 0. The molecule has 2 N–H and O–H groups in total. The minimum absolute atomic E-state index is 0.0148. The average molecular weight is 235 g/mol. The van der Waals surface area contributed by atoms with E-state index in [1.54, 1.807) is 24.2 Å². The average Bonchev–Trinajstić information content (AvgIpc) is 2.28. The number of amides is 1. The number of carbonyl (C=O) groups is 1. The van der Waals surface area contributed by atoms with Gasteiger partial charge in [-0.25, -0.2) is 0 Å². The summed E-state index contributed by atoms with van der Waals surface area (Å²) >= 11 is 0. The van der Waals surface area contributed by atoms with Gasteiger partial charge in [0.05, 0.1) is 5.56 Å². The second-order valence-electron chi connectivity index (χ2n) is 5.22. The Hall–Kier alpha value is -1.42. The van der Waals surface area contributed by atoms with E-state index in [9.17, 15) is 4.79 Å². The Morgan fingerprint density at radius 2 is 2.12 bits per heavy atom. The molecule has 0 saturated heterocycles. The van der Waals surface area contributed by atoms with Crippen LogP contribution in [0.1, 0.15) is 29.9 Å². The molecule has 0 aliphatic heterocycles. The minimum atomic E-state index is -0.0669. The van der Waals surface area contributed by atoms with Crippen molar-refractivity contribution in [3.8, 4) is 0 Å². The zero-order valence-electron chi connectivity index (χ0n) is 11.0. The summed E-state index contributed by atoms with van der Waals surface area (Å²) in [5.41, 5.74) is 7.12. The molecule has 0 radical (unpaired) electrons. The molecule has 0 atom stereocenters. The minimum Gasteiger partial charge on any atom is -0.341 e. The maximum Gasteiger partial charge on any atom is 0.255 e. The predicted molar refractivity (Wildman–Crippen MR) is 68.8 cm³/mol. The molecule has 0 bridgehead atoms. The first kappa shape index (κ1) is 13.6. The smallest absolute Gasteiger partial charge is 0.255 e. The van der Waals surface area contributed by atoms with Crippen LogP contribution in [-0.2, 0) is 0 Å². The Labute approximate surface area is 103 Å². The lowest BCUT2D eigenvalue weighted by Crippen LogP contribution is -2.39. The summed E-state index contributed by atoms with van der Waals surface area (Å²) in [7, 11) is 1.79. The highest BCUT2D eigenvalue weighted by atomic mass is 16.2. The quantitative estimate of drug-likeness (QED) is 0.859. The Balaban J connectivity index is 2.73. The fraction of sp³-hybridized carbons (Fsp3) is 0.538. The van der Waals surface area contributed by atoms with Gasteiger partial charge in [0, 0.05) is 25.5 Å². The molecule has 1 aromatic heterocycles. The van der Waals surface area contributed by atoms with E-state index in [4.69, 9.17) is 5.73 Å². The van der Waals surface area contributed by atoms with Crippen molar-refractivity contribution in [2.24, 2.45) is 11.1 Å². The van der Waals surface area contributed by atoms with Crippen LogP contribution in [0.2, 0.25) is 0 Å². The van der Waals surface area contributed by atoms with Crippen molar-refractivity contribution >= 4 is 5.91 Å². The molecule has 0 spiro atoms. The van der Waals surface area contributed by atoms with Crippen molar-refractivity contribution in [3.63, 3.8) is 0 Å². The SMILES string of the molecule is Cc1ccc(C(=O)N(C)CC(C)(C)CN)cn1. The molecular weight excluding hydrogens is 214 g/mol. The molecule has 1 heterocycles. The van der Waals surface area contributed by atoms with E-state index in [1.165, 1.54) is 0 Å². The number of hydrogen-bond acceptors (Lipinski definition) is 3. The van der Waals surface area contributed by atoms with Gasteiger partial charge in [0.1, 0.15) is 0 Å². The topological polar surface area (TPSA) is 59.2 Å². The lowest BCUT2D eigenvalue weighted by atomic mass is 9.93. The highest BCUT2D eigenvalue weighted by Gasteiger charge is 2.21. The van der Waals surface area contributed by atoms with Crippen molar-refractivity contribution in [2.75, 3.05) is 20.1 Å². The van der Waals surface area contributed by atoms with E-state index in [1.807, 2.05) is 26.8 Å². The van der Waals surface area contributed by atoms with Gasteiger partial charge in [-0.05, 0) is 31.0 Å². The van der Waals surface area contributed by atoms with E-state index >= 15 is 0 Å². The van der Waals surface area contributed by atoms with Crippen molar-refractivity contribution in [3.05, 3.63) is 29.6 Å². The highest BCUT2D eigenvalue weighted by Crippen LogP contribution is 2.15. The van der Waals surface area contributed by atoms with Crippen LogP contribution in [-0.4, -0.2) is 35.9 Å². The second-order valence-corrected chi connectivity index (χ2v) is 5.22. The van der Waals surface area contributed by atoms with Gasteiger partial charge >= 0.3 is 0 Å². The van der Waals surface area contributed by atoms with Gasteiger partial charge < -0.3 is 10.6 Å². The number of carbonyl (C=O) groups excluding carboxylic acids is 1. The van der Waals surface area contributed by atoms with E-state index in [2.05, 4.69) is 4.98 Å². The van der Waals surface area contributed by atoms with Gasteiger partial charge in [-0.3, -0.25) is 9.78 Å². The van der Waals surface area contributed by atoms with Crippen LogP contribution >= 0.6 is 0 Å². The van der Waals surface area contributed by atoms with Crippen LogP contribution in [0.25, 0.3) is 0 Å². The third-order valence-corrected chi connectivity index (χ3v) is 2.72. The molecule has 17 heavy (non-hydrogen) atoms. The number of rotatable bonds is 4. The van der Waals surface area contributed by atoms with Crippen LogP contribution in [0.5, 0.6) is 0 Å². The second kappa shape index (κ2) is 5.27. The summed E-state index contributed by atoms with van der Waals surface area (Å²) in [6.45, 7) is 7.18. The normalized spacial score (nSPS) is 11.4. The van der Waals surface area contributed by atoms with Crippen LogP contribution in [0.15, 0.2) is 18.3 Å². The van der Waals surface area contributed by atoms with Gasteiger partial charge in [0.25, 0.3) is 5.91 Å². The van der Waals surface area contributed by atoms with E-state index in [0.717, 1.165) is 5.69 Å². The van der Waals surface area contributed by atoms with Crippen molar-refractivity contribution in [1.82, 2.24) is 9.88 Å². The molecule has 0 unspecified atom stereocenters. The maximum absolute atomic E-state index is 12.1. The number of aromatic nitrogens is 1. The summed E-state index contributed by atoms with van der Waals surface area (Å²) in [6, 6.07) is 3.64. The van der Waals surface area contributed by atoms with Gasteiger partial charge in [0.2, 0.25) is 0 Å². The van der Waals surface area contributed by atoms with Crippen LogP contribution in [0.3, 0.4) is 0 Å². The standard InChI is InChI=1S/C13H21N3O/c1-10-5-6-11(7-15-10)12(17)16(4)9-13(2,3)8-14/h5-7H,8-9,14H2,1-4H3. The molecule has 4 nitrogen and oxygen atoms in total. The largest absolute Gasteiger partial charge is 0.341 e. The first-order chi connectivity index (χ1) is 7.85. The zero-order valence-corrected chi connectivity index (χ0v) is 11.0. The molecule has 0 saturated carbocycles. The number of pyridine rings is 1. The summed E-state index contributed by atoms with van der Waals surface area (Å²) in [6.07, 6.45) is 1.61. The predicted octanol–water partition coefficient (Wildman–Crippen LogP) is 1.45. The molecule has 0 aliphatic carbocycles. The lowest BCUT2D eigenvalue weighted by Gasteiger charge is -2.29. The van der Waals surface area contributed by atoms with Crippen LogP contribution in [0.4, 0.5) is 0 Å². The number of hydrogen-bond donors (Lipinski definition) is 1. The number of aryl methyl sites for hydroxylation is 1. The molecule has 1 rings (SSSR count). The van der Waals surface area contributed by atoms with E-state index in [-0.39, 0.29) is 11.3 Å². The third-order valence-electron chi connectivity index (χ3n) is 2.72. The third kappa shape index (κ3) is 3.82. The Morgan fingerprint density at radius 1 is 1.47 bits per heavy atom. The zero-order chi connectivity index (χ0) is 13.1. The molecule has 94 valence electrons. The summed E-state index contributed by atoms with van der Waals surface area (Å²) in [4.78, 5) is 17.9. The van der Waals surface area contributed by atoms with Gasteiger partial charge in [-0.1, -0.05) is 13.8 Å². The lowest BCUT2D eigenvalue weighted by molar-refractivity contribution is 0.0740. The van der Waals surface area contributed by atoms with Gasteiger partial charge in [-0.15, -0.1) is 0 Å². The fourth-order valence-corrected chi connectivity index (χ4v) is 1.59. The first-order valence-corrected chi connectivity index (χ1v) is 5.74. The van der Waals surface area contributed by atoms with Crippen molar-refractivity contribution < 1.29 is 4.79 Å². The molecule has 1 aromatic rings. The monoisotopic (exact) mass is 235 g/mol. The first-order valence-electron chi connectivity index (χ1n) is 5.74. The highest BCUT2D eigenvalue weighted by molar-refractivity contribution is 5.93. The van der Waals surface area contributed by atoms with Gasteiger partial charge in [-0.2, -0.15) is 0 Å². The summed E-state index contributed by atoms with van der Waals surface area (Å²) in [5.74, 6) is -0.0148. The molecule has 1 amide bonds. The van der Waals surface area contributed by atoms with Gasteiger partial charge in [0.15, 0.2) is 0 Å². The Bertz CT molecular complexity index is 384. The van der Waals surface area contributed by atoms with Crippen molar-refractivity contribution in [2.45, 2.75) is 20.8 Å². The molecule has 0 aliphatic rings. The fourth-order valence-electron chi connectivity index (χ4n) is 1.59. The van der Waals surface area contributed by atoms with E-state index in [0.29, 0.717) is 18.7 Å². The van der Waals surface area contributed by atoms with Crippen LogP contribution in [0, 0.1) is 12.3 Å². The molecule has 0 fully saturated rings. The summed E-state index contributed by atoms with van der Waals surface area (Å²) in [5, 5.41) is 0.